The van der Waals surface area contributed by atoms with Crippen LogP contribution in [0.15, 0.2) is 108 Å². The Balaban J connectivity index is 0.000000132. The molecule has 0 unspecified atom stereocenters. The third-order valence-corrected chi connectivity index (χ3v) is 15.2. The maximum Gasteiger partial charge on any atom is 0.490 e. The first kappa shape index (κ1) is 47.9. The number of aromatic amines is 4. The molecule has 4 aromatic carbocycles. The van der Waals surface area contributed by atoms with Gasteiger partial charge in [0.1, 0.15) is 23.2 Å². The number of pyridine rings is 2. The van der Waals surface area contributed by atoms with Gasteiger partial charge in [-0.05, 0) is 124 Å². The monoisotopic (exact) mass is 1100 g/mol. The van der Waals surface area contributed by atoms with Crippen molar-refractivity contribution in [3.8, 4) is 33.4 Å². The summed E-state index contributed by atoms with van der Waals surface area (Å²) in [5, 5.41) is 30.8. The number of benzene rings is 4. The van der Waals surface area contributed by atoms with E-state index in [1.54, 1.807) is 24.5 Å². The van der Waals surface area contributed by atoms with Gasteiger partial charge in [0.2, 0.25) is 0 Å². The molecule has 6 aromatic heterocycles. The van der Waals surface area contributed by atoms with Gasteiger partial charge in [0.15, 0.2) is 0 Å². The summed E-state index contributed by atoms with van der Waals surface area (Å²) >= 11 is 3.99. The first-order valence-corrected chi connectivity index (χ1v) is 27.4. The van der Waals surface area contributed by atoms with Gasteiger partial charge in [0.25, 0.3) is 11.1 Å². The van der Waals surface area contributed by atoms with Crippen molar-refractivity contribution in [2.45, 2.75) is 78.6 Å². The minimum atomic E-state index is -1.57. The van der Waals surface area contributed by atoms with Crippen LogP contribution in [0.25, 0.3) is 77.0 Å². The second kappa shape index (κ2) is 20.4. The molecule has 354 valence electrons. The summed E-state index contributed by atoms with van der Waals surface area (Å²) in [6, 6.07) is 23.2. The van der Waals surface area contributed by atoms with Crippen molar-refractivity contribution >= 4 is 72.1 Å². The Morgan fingerprint density at radius 3 is 1.70 bits per heavy atom. The molecular formula is C52H52BBrIN8O6-. The second-order valence-electron chi connectivity index (χ2n) is 17.5. The zero-order valence-electron chi connectivity index (χ0n) is 39.1. The number of hydrogen-bond acceptors (Lipinski definition) is 10. The van der Waals surface area contributed by atoms with E-state index in [9.17, 15) is 19.6 Å². The topological polar surface area (TPSA) is 216 Å². The minimum Gasteiger partial charge on any atom is -0.423 e. The van der Waals surface area contributed by atoms with Crippen LogP contribution in [0.2, 0.25) is 0 Å². The normalized spacial score (nSPS) is 13.3. The Hall–Kier alpha value is -6.15. The molecule has 0 saturated heterocycles. The van der Waals surface area contributed by atoms with Gasteiger partial charge >= 0.3 is 51.0 Å². The van der Waals surface area contributed by atoms with Gasteiger partial charge in [0, 0.05) is 67.0 Å². The minimum absolute atomic E-state index is 0.0474. The average molecular weight is 1100 g/mol. The van der Waals surface area contributed by atoms with E-state index in [0.29, 0.717) is 60.6 Å². The maximum absolute atomic E-state index is 12.4. The number of aryl methyl sites for hydroxylation is 4. The van der Waals surface area contributed by atoms with Crippen LogP contribution in [-0.2, 0) is 0 Å². The van der Waals surface area contributed by atoms with Gasteiger partial charge in [-0.1, -0.05) is 50.5 Å². The Kier molecular flexibility index (Phi) is 14.2. The zero-order chi connectivity index (χ0) is 48.5. The quantitative estimate of drug-likeness (QED) is 0.0520. The number of H-pyrrole nitrogens is 4. The van der Waals surface area contributed by atoms with Gasteiger partial charge in [0.05, 0.1) is 33.5 Å². The fourth-order valence-corrected chi connectivity index (χ4v) is 10.3. The van der Waals surface area contributed by atoms with Crippen LogP contribution < -0.4 is 37.8 Å². The molecule has 2 fully saturated rings. The summed E-state index contributed by atoms with van der Waals surface area (Å²) in [5.74, 6) is 4.45. The molecule has 69 heavy (non-hydrogen) atoms. The molecule has 2 aliphatic rings. The number of fused-ring (bicyclic) bond motifs is 4. The first-order valence-electron chi connectivity index (χ1n) is 22.9. The van der Waals surface area contributed by atoms with E-state index in [4.69, 9.17) is 14.0 Å². The van der Waals surface area contributed by atoms with Gasteiger partial charge in [-0.3, -0.25) is 9.59 Å². The molecule has 17 heteroatoms. The third-order valence-electron chi connectivity index (χ3n) is 12.3. The average Bonchev–Trinajstić information content (AvgIpc) is 4.23. The molecule has 14 nitrogen and oxygen atoms in total. The summed E-state index contributed by atoms with van der Waals surface area (Å²) in [7, 11) is -1.57. The van der Waals surface area contributed by atoms with E-state index in [1.165, 1.54) is 23.7 Å². The van der Waals surface area contributed by atoms with Crippen LogP contribution in [0, 0.1) is 27.7 Å². The predicted octanol–water partition coefficient (Wildman–Crippen LogP) is 7.02. The van der Waals surface area contributed by atoms with Crippen molar-refractivity contribution in [2.75, 3.05) is 9.36 Å². The number of nitrogens with zero attached hydrogens (tertiary/aromatic N) is 4. The number of imidazole rings is 2. The maximum atomic E-state index is 12.4. The predicted molar refractivity (Wildman–Crippen MR) is 273 cm³/mol. The molecule has 0 aliphatic heterocycles. The van der Waals surface area contributed by atoms with E-state index >= 15 is 0 Å². The van der Waals surface area contributed by atoms with Gasteiger partial charge in [-0.25, -0.2) is 9.97 Å². The van der Waals surface area contributed by atoms with Crippen LogP contribution in [-0.4, -0.2) is 66.7 Å². The molecule has 6 heterocycles. The van der Waals surface area contributed by atoms with Crippen molar-refractivity contribution in [1.82, 2.24) is 40.2 Å². The van der Waals surface area contributed by atoms with E-state index in [0.717, 1.165) is 107 Å². The summed E-state index contributed by atoms with van der Waals surface area (Å²) < 4.78 is 13.1. The molecule has 10 aromatic rings. The second-order valence-corrected chi connectivity index (χ2v) is 20.9. The Morgan fingerprint density at radius 2 is 1.20 bits per heavy atom. The molecule has 0 bridgehead atoms. The number of hydrogen-bond donors (Lipinski definition) is 6. The van der Waals surface area contributed by atoms with Crippen molar-refractivity contribution < 1.29 is 40.3 Å². The molecule has 2 saturated carbocycles. The SMILES string of the molecule is CCC[I-]C.Cc1noc(C)c1-c1cc(-c2cccc3c(=O)[nH]ccc23)c2nc(C3CC3)[nH]c2c1.Cc1noc(C)c1-c1cc(B(O)O)c2nc(C3CC3)[nH]c2c1.O=c1[nH]ccc2c(Br)cccc12. The van der Waals surface area contributed by atoms with Gasteiger partial charge in [-0.15, -0.1) is 0 Å². The van der Waals surface area contributed by atoms with Crippen LogP contribution in [0.1, 0.15) is 85.4 Å². The van der Waals surface area contributed by atoms with E-state index in [-0.39, 0.29) is 11.1 Å². The van der Waals surface area contributed by atoms with Crippen molar-refractivity contribution in [3.05, 3.63) is 145 Å². The van der Waals surface area contributed by atoms with Crippen molar-refractivity contribution in [1.29, 1.82) is 0 Å². The number of nitrogens with one attached hydrogen (secondary N) is 4. The first-order chi connectivity index (χ1) is 33.3. The zero-order valence-corrected chi connectivity index (χ0v) is 42.9. The van der Waals surface area contributed by atoms with Crippen LogP contribution in [0.5, 0.6) is 0 Å². The fraction of sp³-hybridized carbons (Fsp3) is 0.269. The van der Waals surface area contributed by atoms with E-state index in [2.05, 4.69) is 81.2 Å². The Bertz CT molecular complexity index is 3560. The summed E-state index contributed by atoms with van der Waals surface area (Å²) in [6.45, 7) is 9.84. The molecule has 6 N–H and O–H groups in total. The van der Waals surface area contributed by atoms with Crippen molar-refractivity contribution in [3.63, 3.8) is 0 Å². The van der Waals surface area contributed by atoms with Crippen LogP contribution in [0.3, 0.4) is 0 Å². The Labute approximate surface area is 416 Å². The van der Waals surface area contributed by atoms with Crippen LogP contribution in [0.4, 0.5) is 0 Å². The molecule has 2 aliphatic carbocycles. The molecule has 0 spiro atoms. The molecule has 0 radical (unpaired) electrons. The third kappa shape index (κ3) is 10.1. The number of aromatic nitrogens is 8. The smallest absolute Gasteiger partial charge is 0.423 e. The van der Waals surface area contributed by atoms with Crippen LogP contribution >= 0.6 is 15.9 Å². The summed E-state index contributed by atoms with van der Waals surface area (Å²) in [5.41, 5.74) is 11.0. The van der Waals surface area contributed by atoms with E-state index in [1.807, 2.05) is 70.2 Å². The summed E-state index contributed by atoms with van der Waals surface area (Å²) in [4.78, 5) is 47.7. The number of alkyl halides is 2. The standard InChI is InChI=1S/C24H20N4O2.C15H16BN3O3.C9H6BrNO.C4H10I/c1-12-21(13(2)30-28-12)15-10-19(22-20(11-15)26-23(27-22)14-6-7-14)16-4-3-5-18-17(16)8-9-25-24(18)29;1-7-13(8(2)22-19-7)10-5-11(16(20)21)14-12(6-10)17-15(18-14)9-3-4-9;10-8-3-1-2-7-6(8)4-5-11-9(7)12;1-3-4-5-2/h3-5,8-11,14H,6-7H2,1-2H3,(H,25,29)(H,26,27);5-6,9,20-21H,3-4H2,1-2H3,(H,17,18);1-5H,(H,11,12);3-4H2,1-2H3/q;;;-1. The molecule has 0 amide bonds. The largest absolute Gasteiger partial charge is 0.490 e. The van der Waals surface area contributed by atoms with Gasteiger partial charge < -0.3 is 39.0 Å². The molecule has 0 atom stereocenters. The molecular weight excluding hydrogens is 1050 g/mol. The number of rotatable bonds is 8. The fourth-order valence-electron chi connectivity index (χ4n) is 8.71. The molecule has 12 rings (SSSR count). The summed E-state index contributed by atoms with van der Waals surface area (Å²) in [6.07, 6.45) is 9.36. The van der Waals surface area contributed by atoms with Gasteiger partial charge in [-0.2, -0.15) is 0 Å². The number of halogens is 2. The van der Waals surface area contributed by atoms with Crippen molar-refractivity contribution in [2.24, 2.45) is 0 Å². The Morgan fingerprint density at radius 1 is 0.681 bits per heavy atom. The van der Waals surface area contributed by atoms with E-state index < -0.39 is 7.12 Å².